The highest BCUT2D eigenvalue weighted by atomic mass is 32.2. The number of rotatable bonds is 6. The molecule has 0 saturated heterocycles. The minimum atomic E-state index is 0.706. The number of nitrogens with one attached hydrogen (secondary N) is 3. The summed E-state index contributed by atoms with van der Waals surface area (Å²) >= 11 is 1.64. The van der Waals surface area contributed by atoms with Crippen molar-refractivity contribution in [2.45, 2.75) is 18.1 Å². The highest BCUT2D eigenvalue weighted by Gasteiger charge is 2.19. The van der Waals surface area contributed by atoms with Crippen molar-refractivity contribution >= 4 is 17.6 Å². The molecule has 0 amide bonds. The number of fused-ring (bicyclic) bond motifs is 1. The van der Waals surface area contributed by atoms with E-state index in [1.807, 2.05) is 12.1 Å². The van der Waals surface area contributed by atoms with E-state index in [1.54, 1.807) is 30.4 Å². The maximum Gasteiger partial charge on any atom is 0.163 e. The van der Waals surface area contributed by atoms with Gasteiger partial charge in [-0.1, -0.05) is 0 Å². The number of hydrogen-bond acceptors (Lipinski definition) is 8. The zero-order chi connectivity index (χ0) is 16.2. The lowest BCUT2D eigenvalue weighted by Gasteiger charge is -2.11. The summed E-state index contributed by atoms with van der Waals surface area (Å²) in [7, 11) is 0. The van der Waals surface area contributed by atoms with Crippen molar-refractivity contribution in [3.05, 3.63) is 42.0 Å². The maximum absolute atomic E-state index is 4.70. The van der Waals surface area contributed by atoms with Crippen LogP contribution in [-0.2, 0) is 13.1 Å². The van der Waals surface area contributed by atoms with Crippen LogP contribution in [0.5, 0.6) is 0 Å². The first kappa shape index (κ1) is 15.0. The second-order valence-electron chi connectivity index (χ2n) is 5.25. The zero-order valence-electron chi connectivity index (χ0n) is 12.9. The molecule has 4 heterocycles. The Labute approximate surface area is 142 Å². The van der Waals surface area contributed by atoms with Crippen LogP contribution in [0.1, 0.15) is 11.3 Å². The fraction of sp³-hybridized carbons (Fsp3) is 0.267. The normalized spacial score (nSPS) is 13.0. The number of thioether (sulfide) groups is 1. The Kier molecular flexibility index (Phi) is 4.34. The van der Waals surface area contributed by atoms with Gasteiger partial charge in [-0.3, -0.25) is 4.98 Å². The molecule has 0 unspecified atom stereocenters. The Hall–Kier alpha value is -2.52. The van der Waals surface area contributed by atoms with Crippen molar-refractivity contribution in [2.24, 2.45) is 0 Å². The van der Waals surface area contributed by atoms with Crippen molar-refractivity contribution in [3.8, 4) is 11.4 Å². The quantitative estimate of drug-likeness (QED) is 0.458. The lowest BCUT2D eigenvalue weighted by molar-refractivity contribution is 0.758. The predicted octanol–water partition coefficient (Wildman–Crippen LogP) is 1.46. The predicted molar refractivity (Wildman–Crippen MR) is 91.4 cm³/mol. The Bertz CT molecular complexity index is 806. The number of H-pyrrole nitrogens is 1. The van der Waals surface area contributed by atoms with Crippen LogP contribution in [0.4, 0.5) is 5.82 Å². The van der Waals surface area contributed by atoms with E-state index < -0.39 is 0 Å². The topological polar surface area (TPSA) is 104 Å². The van der Waals surface area contributed by atoms with Gasteiger partial charge in [0.25, 0.3) is 0 Å². The average molecular weight is 340 g/mol. The van der Waals surface area contributed by atoms with Gasteiger partial charge in [0, 0.05) is 48.9 Å². The van der Waals surface area contributed by atoms with Gasteiger partial charge in [0.1, 0.15) is 10.8 Å². The number of anilines is 1. The number of aromatic nitrogens is 6. The van der Waals surface area contributed by atoms with E-state index in [-0.39, 0.29) is 0 Å². The van der Waals surface area contributed by atoms with Crippen LogP contribution >= 0.6 is 11.8 Å². The van der Waals surface area contributed by atoms with Gasteiger partial charge in [-0.2, -0.15) is 10.3 Å². The number of aromatic amines is 1. The van der Waals surface area contributed by atoms with Crippen molar-refractivity contribution in [1.82, 2.24) is 35.7 Å². The highest BCUT2D eigenvalue weighted by molar-refractivity contribution is 7.99. The molecule has 3 aromatic rings. The fourth-order valence-electron chi connectivity index (χ4n) is 2.52. The minimum absolute atomic E-state index is 0.706. The van der Waals surface area contributed by atoms with Gasteiger partial charge in [-0.15, -0.1) is 16.9 Å². The van der Waals surface area contributed by atoms with Crippen LogP contribution in [0.2, 0.25) is 0 Å². The van der Waals surface area contributed by atoms with Crippen LogP contribution in [0.15, 0.2) is 35.7 Å². The minimum Gasteiger partial charge on any atom is -0.369 e. The Morgan fingerprint density at radius 1 is 1.21 bits per heavy atom. The third kappa shape index (κ3) is 3.22. The summed E-state index contributed by atoms with van der Waals surface area (Å²) in [6.45, 7) is 2.35. The summed E-state index contributed by atoms with van der Waals surface area (Å²) in [5.74, 6) is 2.47. The molecule has 0 atom stereocenters. The van der Waals surface area contributed by atoms with E-state index in [9.17, 15) is 0 Å². The molecule has 0 bridgehead atoms. The Morgan fingerprint density at radius 3 is 3.04 bits per heavy atom. The third-order valence-corrected chi connectivity index (χ3v) is 4.54. The molecule has 9 heteroatoms. The lowest BCUT2D eigenvalue weighted by Crippen LogP contribution is -2.10. The smallest absolute Gasteiger partial charge is 0.163 e. The van der Waals surface area contributed by atoms with E-state index in [1.165, 1.54) is 0 Å². The molecule has 1 aliphatic heterocycles. The SMILES string of the molecule is c1cncc(-c2nc3c(c(NCCSc4cn[nH]n4)n2)CNC3)c1. The summed E-state index contributed by atoms with van der Waals surface area (Å²) < 4.78 is 0. The number of nitrogens with zero attached hydrogens (tertiary/aromatic N) is 5. The summed E-state index contributed by atoms with van der Waals surface area (Å²) in [6.07, 6.45) is 5.25. The Balaban J connectivity index is 1.50. The molecule has 4 rings (SSSR count). The van der Waals surface area contributed by atoms with Gasteiger partial charge in [-0.05, 0) is 12.1 Å². The highest BCUT2D eigenvalue weighted by Crippen LogP contribution is 2.25. The number of hydrogen-bond donors (Lipinski definition) is 3. The Morgan fingerprint density at radius 2 is 2.21 bits per heavy atom. The van der Waals surface area contributed by atoms with Crippen molar-refractivity contribution in [3.63, 3.8) is 0 Å². The summed E-state index contributed by atoms with van der Waals surface area (Å²) in [6, 6.07) is 3.87. The van der Waals surface area contributed by atoms with Crippen molar-refractivity contribution in [2.75, 3.05) is 17.6 Å². The molecule has 0 saturated carbocycles. The van der Waals surface area contributed by atoms with Gasteiger partial charge in [-0.25, -0.2) is 9.97 Å². The molecule has 8 nitrogen and oxygen atoms in total. The molecular weight excluding hydrogens is 324 g/mol. The average Bonchev–Trinajstić information content (AvgIpc) is 3.30. The molecule has 0 aliphatic carbocycles. The van der Waals surface area contributed by atoms with E-state index >= 15 is 0 Å². The largest absolute Gasteiger partial charge is 0.369 e. The third-order valence-electron chi connectivity index (χ3n) is 3.64. The molecule has 0 radical (unpaired) electrons. The second-order valence-corrected chi connectivity index (χ2v) is 6.36. The van der Waals surface area contributed by atoms with Crippen molar-refractivity contribution < 1.29 is 0 Å². The number of pyridine rings is 1. The monoisotopic (exact) mass is 340 g/mol. The van der Waals surface area contributed by atoms with E-state index in [0.29, 0.717) is 5.82 Å². The second kappa shape index (κ2) is 6.93. The summed E-state index contributed by atoms with van der Waals surface area (Å²) in [4.78, 5) is 13.5. The molecular formula is C15H16N8S. The maximum atomic E-state index is 4.70. The van der Waals surface area contributed by atoms with E-state index in [4.69, 9.17) is 4.98 Å². The lowest BCUT2D eigenvalue weighted by atomic mass is 10.2. The van der Waals surface area contributed by atoms with Crippen LogP contribution in [0.25, 0.3) is 11.4 Å². The first-order valence-electron chi connectivity index (χ1n) is 7.63. The first-order valence-corrected chi connectivity index (χ1v) is 8.62. The van der Waals surface area contributed by atoms with Crippen LogP contribution in [-0.4, -0.2) is 42.7 Å². The van der Waals surface area contributed by atoms with Crippen LogP contribution in [0.3, 0.4) is 0 Å². The van der Waals surface area contributed by atoms with Crippen molar-refractivity contribution in [1.29, 1.82) is 0 Å². The van der Waals surface area contributed by atoms with E-state index in [0.717, 1.165) is 53.1 Å². The summed E-state index contributed by atoms with van der Waals surface area (Å²) in [5.41, 5.74) is 3.12. The van der Waals surface area contributed by atoms with Crippen LogP contribution in [0, 0.1) is 0 Å². The van der Waals surface area contributed by atoms with Gasteiger partial charge in [0.15, 0.2) is 5.82 Å². The van der Waals surface area contributed by atoms with Crippen LogP contribution < -0.4 is 10.6 Å². The molecule has 0 spiro atoms. The van der Waals surface area contributed by atoms with E-state index in [2.05, 4.69) is 36.0 Å². The standard InChI is InChI=1S/C15H16N8S/c1-2-10(6-16-3-1)14-20-12-8-17-7-11(12)15(21-14)18-4-5-24-13-9-19-23-22-13/h1-3,6,9,17H,4-5,7-8H2,(H,18,20,21)(H,19,22,23). The molecule has 0 fully saturated rings. The fourth-order valence-corrected chi connectivity index (χ4v) is 3.17. The molecule has 0 aromatic carbocycles. The summed E-state index contributed by atoms with van der Waals surface area (Å²) in [5, 5.41) is 18.1. The van der Waals surface area contributed by atoms with Gasteiger partial charge >= 0.3 is 0 Å². The molecule has 1 aliphatic rings. The molecule has 24 heavy (non-hydrogen) atoms. The zero-order valence-corrected chi connectivity index (χ0v) is 13.7. The first-order chi connectivity index (χ1) is 11.9. The molecule has 3 N–H and O–H groups in total. The van der Waals surface area contributed by atoms with Gasteiger partial charge in [0.05, 0.1) is 11.9 Å². The molecule has 3 aromatic heterocycles. The molecule has 122 valence electrons. The van der Waals surface area contributed by atoms with Gasteiger partial charge in [0.2, 0.25) is 0 Å². The van der Waals surface area contributed by atoms with Gasteiger partial charge < -0.3 is 10.6 Å².